The number of amides is 1. The van der Waals surface area contributed by atoms with Gasteiger partial charge in [0, 0.05) is 12.8 Å². The number of hydrogen-bond donors (Lipinski definition) is 1. The van der Waals surface area contributed by atoms with E-state index in [2.05, 4.69) is 20.7 Å². The summed E-state index contributed by atoms with van der Waals surface area (Å²) in [5.74, 6) is 0.690. The first-order chi connectivity index (χ1) is 8.04. The van der Waals surface area contributed by atoms with Crippen molar-refractivity contribution in [1.29, 1.82) is 0 Å². The third-order valence-electron chi connectivity index (χ3n) is 1.93. The Morgan fingerprint density at radius 2 is 1.88 bits per heavy atom. The van der Waals surface area contributed by atoms with Gasteiger partial charge in [-0.15, -0.1) is 12.3 Å². The molecule has 0 aliphatic rings. The number of nitrogens with one attached hydrogen (secondary N) is 1. The molecule has 0 aromatic carbocycles. The highest BCUT2D eigenvalue weighted by Gasteiger charge is 2.20. The van der Waals surface area contributed by atoms with Crippen molar-refractivity contribution >= 4 is 17.8 Å². The Kier molecular flexibility index (Phi) is 7.19. The Morgan fingerprint density at radius 3 is 2.35 bits per heavy atom. The molecule has 17 heavy (non-hydrogen) atoms. The monoisotopic (exact) mass is 241 g/mol. The molecule has 0 aliphatic carbocycles. The van der Waals surface area contributed by atoms with Gasteiger partial charge in [0.15, 0.2) is 0 Å². The van der Waals surface area contributed by atoms with Crippen LogP contribution < -0.4 is 5.32 Å². The van der Waals surface area contributed by atoms with Gasteiger partial charge in [-0.1, -0.05) is 0 Å². The molecule has 0 aromatic rings. The lowest BCUT2D eigenvalue weighted by Gasteiger charge is -2.13. The molecule has 6 heteroatoms. The minimum atomic E-state index is -0.879. The smallest absolute Gasteiger partial charge is 0.329 e. The number of ether oxygens (including phenoxy) is 2. The van der Waals surface area contributed by atoms with Gasteiger partial charge in [0.05, 0.1) is 20.6 Å². The molecule has 0 aliphatic heterocycles. The Morgan fingerprint density at radius 1 is 1.24 bits per heavy atom. The first-order valence-corrected chi connectivity index (χ1v) is 4.92. The molecule has 0 spiro atoms. The minimum Gasteiger partial charge on any atom is -0.469 e. The predicted octanol–water partition coefficient (Wildman–Crippen LogP) is -0.379. The number of terminal acetylenes is 1. The number of esters is 2. The number of carbonyl (C=O) groups is 3. The topological polar surface area (TPSA) is 81.7 Å². The van der Waals surface area contributed by atoms with E-state index in [4.69, 9.17) is 6.42 Å². The maximum absolute atomic E-state index is 11.4. The van der Waals surface area contributed by atoms with Crippen molar-refractivity contribution in [2.75, 3.05) is 14.2 Å². The summed E-state index contributed by atoms with van der Waals surface area (Å²) < 4.78 is 8.85. The average molecular weight is 241 g/mol. The van der Waals surface area contributed by atoms with Crippen LogP contribution in [0.2, 0.25) is 0 Å². The summed E-state index contributed by atoms with van der Waals surface area (Å²) in [5, 5.41) is 2.38. The second kappa shape index (κ2) is 8.16. The largest absolute Gasteiger partial charge is 0.469 e. The summed E-state index contributed by atoms with van der Waals surface area (Å²) in [6.07, 6.45) is 4.98. The van der Waals surface area contributed by atoms with Gasteiger partial charge in [0.2, 0.25) is 5.91 Å². The van der Waals surface area contributed by atoms with E-state index in [0.717, 1.165) is 0 Å². The maximum Gasteiger partial charge on any atom is 0.329 e. The lowest BCUT2D eigenvalue weighted by molar-refractivity contribution is -0.145. The molecular formula is C11H15NO5. The molecule has 0 saturated carbocycles. The Balaban J connectivity index is 4.18. The SMILES string of the molecule is C#CC[C@H](NC(=O)CCC(=O)OC)C(=O)OC. The van der Waals surface area contributed by atoms with E-state index in [9.17, 15) is 14.4 Å². The normalized spacial score (nSPS) is 10.9. The van der Waals surface area contributed by atoms with E-state index in [-0.39, 0.29) is 19.3 Å². The van der Waals surface area contributed by atoms with Crippen LogP contribution in [-0.2, 0) is 23.9 Å². The van der Waals surface area contributed by atoms with Crippen molar-refractivity contribution in [1.82, 2.24) is 5.32 Å². The highest BCUT2D eigenvalue weighted by atomic mass is 16.5. The van der Waals surface area contributed by atoms with E-state index in [0.29, 0.717) is 0 Å². The van der Waals surface area contributed by atoms with Crippen LogP contribution in [0.1, 0.15) is 19.3 Å². The van der Waals surface area contributed by atoms with Crippen molar-refractivity contribution in [2.24, 2.45) is 0 Å². The molecule has 0 unspecified atom stereocenters. The third kappa shape index (κ3) is 6.20. The Hall–Kier alpha value is -2.03. The molecule has 1 atom stereocenters. The molecule has 0 saturated heterocycles. The van der Waals surface area contributed by atoms with Gasteiger partial charge in [-0.2, -0.15) is 0 Å². The van der Waals surface area contributed by atoms with Crippen molar-refractivity contribution in [2.45, 2.75) is 25.3 Å². The summed E-state index contributed by atoms with van der Waals surface area (Å²) in [6, 6.07) is -0.879. The number of carbonyl (C=O) groups excluding carboxylic acids is 3. The van der Waals surface area contributed by atoms with Crippen molar-refractivity contribution < 1.29 is 23.9 Å². The highest BCUT2D eigenvalue weighted by molar-refractivity contribution is 5.86. The minimum absolute atomic E-state index is 0.0383. The van der Waals surface area contributed by atoms with Gasteiger partial charge in [-0.3, -0.25) is 9.59 Å². The van der Waals surface area contributed by atoms with E-state index < -0.39 is 23.9 Å². The fourth-order valence-corrected chi connectivity index (χ4v) is 1.04. The first kappa shape index (κ1) is 15.0. The van der Waals surface area contributed by atoms with Gasteiger partial charge < -0.3 is 14.8 Å². The summed E-state index contributed by atoms with van der Waals surface area (Å²) in [4.78, 5) is 33.4. The average Bonchev–Trinajstić information content (AvgIpc) is 2.34. The number of hydrogen-bond acceptors (Lipinski definition) is 5. The molecule has 1 amide bonds. The first-order valence-electron chi connectivity index (χ1n) is 4.92. The van der Waals surface area contributed by atoms with Gasteiger partial charge in [-0.05, 0) is 0 Å². The lowest BCUT2D eigenvalue weighted by Crippen LogP contribution is -2.41. The van der Waals surface area contributed by atoms with Crippen molar-refractivity contribution in [3.05, 3.63) is 0 Å². The van der Waals surface area contributed by atoms with E-state index in [1.807, 2.05) is 0 Å². The molecule has 0 rings (SSSR count). The molecule has 0 radical (unpaired) electrons. The summed E-state index contributed by atoms with van der Waals surface area (Å²) in [5.41, 5.74) is 0. The standard InChI is InChI=1S/C11H15NO5/c1-4-5-8(11(15)17-3)12-9(13)6-7-10(14)16-2/h1,8H,5-7H2,2-3H3,(H,12,13)/t8-/m0/s1. The van der Waals surface area contributed by atoms with E-state index >= 15 is 0 Å². The van der Waals surface area contributed by atoms with Gasteiger partial charge >= 0.3 is 11.9 Å². The zero-order chi connectivity index (χ0) is 13.3. The molecule has 0 fully saturated rings. The van der Waals surface area contributed by atoms with Crippen LogP contribution in [0, 0.1) is 12.3 Å². The molecule has 0 aromatic heterocycles. The fourth-order valence-electron chi connectivity index (χ4n) is 1.04. The Bertz CT molecular complexity index is 331. The quantitative estimate of drug-likeness (QED) is 0.506. The predicted molar refractivity (Wildman–Crippen MR) is 58.6 cm³/mol. The zero-order valence-corrected chi connectivity index (χ0v) is 9.82. The zero-order valence-electron chi connectivity index (χ0n) is 9.82. The Labute approximate surface area is 99.6 Å². The fraction of sp³-hybridized carbons (Fsp3) is 0.545. The van der Waals surface area contributed by atoms with Crippen LogP contribution in [0.5, 0.6) is 0 Å². The molecular weight excluding hydrogens is 226 g/mol. The van der Waals surface area contributed by atoms with Crippen LogP contribution in [0.25, 0.3) is 0 Å². The van der Waals surface area contributed by atoms with E-state index in [1.54, 1.807) is 0 Å². The van der Waals surface area contributed by atoms with Crippen LogP contribution in [0.4, 0.5) is 0 Å². The van der Waals surface area contributed by atoms with Gasteiger partial charge in [-0.25, -0.2) is 4.79 Å². The van der Waals surface area contributed by atoms with E-state index in [1.165, 1.54) is 14.2 Å². The summed E-state index contributed by atoms with van der Waals surface area (Å²) in [7, 11) is 2.43. The molecule has 0 heterocycles. The van der Waals surface area contributed by atoms with Crippen LogP contribution in [-0.4, -0.2) is 38.1 Å². The van der Waals surface area contributed by atoms with Crippen LogP contribution >= 0.6 is 0 Å². The van der Waals surface area contributed by atoms with Crippen LogP contribution in [0.15, 0.2) is 0 Å². The van der Waals surface area contributed by atoms with Crippen molar-refractivity contribution in [3.63, 3.8) is 0 Å². The van der Waals surface area contributed by atoms with Crippen molar-refractivity contribution in [3.8, 4) is 12.3 Å². The maximum atomic E-state index is 11.4. The molecule has 0 bridgehead atoms. The summed E-state index contributed by atoms with van der Waals surface area (Å²) in [6.45, 7) is 0. The van der Waals surface area contributed by atoms with Crippen LogP contribution in [0.3, 0.4) is 0 Å². The van der Waals surface area contributed by atoms with Gasteiger partial charge in [0.1, 0.15) is 6.04 Å². The highest BCUT2D eigenvalue weighted by Crippen LogP contribution is 1.97. The second-order valence-corrected chi connectivity index (χ2v) is 3.13. The molecule has 94 valence electrons. The lowest BCUT2D eigenvalue weighted by atomic mass is 10.2. The van der Waals surface area contributed by atoms with Gasteiger partial charge in [0.25, 0.3) is 0 Å². The molecule has 6 nitrogen and oxygen atoms in total. The molecule has 1 N–H and O–H groups in total. The number of methoxy groups -OCH3 is 2. The third-order valence-corrected chi connectivity index (χ3v) is 1.93. The second-order valence-electron chi connectivity index (χ2n) is 3.13. The number of rotatable bonds is 6. The summed E-state index contributed by atoms with van der Waals surface area (Å²) >= 11 is 0.